The van der Waals surface area contributed by atoms with E-state index < -0.39 is 0 Å². The molecule has 0 bridgehead atoms. The first-order chi connectivity index (χ1) is 7.61. The number of rotatable bonds is 5. The molecule has 0 aromatic carbocycles. The molecule has 1 amide bonds. The van der Waals surface area contributed by atoms with Gasteiger partial charge in [0.05, 0.1) is 25.3 Å². The monoisotopic (exact) mass is 227 g/mol. The summed E-state index contributed by atoms with van der Waals surface area (Å²) in [6, 6.07) is 0.323. The summed E-state index contributed by atoms with van der Waals surface area (Å²) in [4.78, 5) is 13.9. The van der Waals surface area contributed by atoms with Crippen LogP contribution in [0.15, 0.2) is 12.2 Å². The lowest BCUT2D eigenvalue weighted by atomic mass is 10.2. The molecule has 0 spiro atoms. The van der Waals surface area contributed by atoms with Crippen LogP contribution in [0.3, 0.4) is 0 Å². The number of carbonyl (C=O) groups is 1. The van der Waals surface area contributed by atoms with Gasteiger partial charge in [0.1, 0.15) is 0 Å². The number of ether oxygens (including phenoxy) is 2. The van der Waals surface area contributed by atoms with E-state index in [2.05, 4.69) is 6.58 Å². The molecule has 1 aliphatic rings. The molecule has 16 heavy (non-hydrogen) atoms. The van der Waals surface area contributed by atoms with Crippen LogP contribution in [-0.4, -0.2) is 50.3 Å². The first-order valence-electron chi connectivity index (χ1n) is 5.57. The van der Waals surface area contributed by atoms with Gasteiger partial charge in [-0.05, 0) is 19.8 Å². The molecule has 1 fully saturated rings. The second-order valence-electron chi connectivity index (χ2n) is 4.29. The van der Waals surface area contributed by atoms with Gasteiger partial charge in [-0.25, -0.2) is 0 Å². The first kappa shape index (κ1) is 13.2. The highest BCUT2D eigenvalue weighted by Gasteiger charge is 2.36. The summed E-state index contributed by atoms with van der Waals surface area (Å²) in [6.07, 6.45) is 1.95. The van der Waals surface area contributed by atoms with Crippen LogP contribution in [0.25, 0.3) is 0 Å². The number of methoxy groups -OCH3 is 2. The smallest absolute Gasteiger partial charge is 0.249 e. The molecule has 1 rings (SSSR count). The van der Waals surface area contributed by atoms with Crippen LogP contribution in [0.2, 0.25) is 0 Å². The molecule has 0 radical (unpaired) electrons. The van der Waals surface area contributed by atoms with Gasteiger partial charge in [-0.2, -0.15) is 0 Å². The third kappa shape index (κ3) is 2.83. The van der Waals surface area contributed by atoms with E-state index >= 15 is 0 Å². The molecule has 1 saturated heterocycles. The Morgan fingerprint density at radius 2 is 1.69 bits per heavy atom. The van der Waals surface area contributed by atoms with Crippen molar-refractivity contribution in [2.75, 3.05) is 27.4 Å². The summed E-state index contributed by atoms with van der Waals surface area (Å²) in [6.45, 7) is 6.63. The molecule has 0 aromatic rings. The number of carbonyl (C=O) groups excluding carboxylic acids is 1. The maximum absolute atomic E-state index is 12.0. The van der Waals surface area contributed by atoms with Crippen LogP contribution >= 0.6 is 0 Å². The Morgan fingerprint density at radius 1 is 1.25 bits per heavy atom. The zero-order chi connectivity index (χ0) is 12.1. The maximum Gasteiger partial charge on any atom is 0.249 e. The fraction of sp³-hybridized carbons (Fsp3) is 0.750. The van der Waals surface area contributed by atoms with Crippen LogP contribution in [-0.2, 0) is 14.3 Å². The lowest BCUT2D eigenvalue weighted by Gasteiger charge is -2.30. The van der Waals surface area contributed by atoms with E-state index in [1.54, 1.807) is 21.1 Å². The van der Waals surface area contributed by atoms with E-state index in [4.69, 9.17) is 9.47 Å². The Kier molecular flexibility index (Phi) is 4.96. The lowest BCUT2D eigenvalue weighted by Crippen LogP contribution is -2.45. The summed E-state index contributed by atoms with van der Waals surface area (Å²) in [5.41, 5.74) is 0.573. The topological polar surface area (TPSA) is 38.8 Å². The van der Waals surface area contributed by atoms with Crippen LogP contribution in [0, 0.1) is 0 Å². The number of nitrogens with zero attached hydrogens (tertiary/aromatic N) is 1. The fourth-order valence-corrected chi connectivity index (χ4v) is 2.23. The predicted molar refractivity (Wildman–Crippen MR) is 62.2 cm³/mol. The molecule has 2 atom stereocenters. The Balaban J connectivity index is 2.75. The highest BCUT2D eigenvalue weighted by atomic mass is 16.5. The summed E-state index contributed by atoms with van der Waals surface area (Å²) >= 11 is 0. The van der Waals surface area contributed by atoms with Crippen LogP contribution in [0.5, 0.6) is 0 Å². The average Bonchev–Trinajstić information content (AvgIpc) is 2.61. The van der Waals surface area contributed by atoms with Gasteiger partial charge in [0, 0.05) is 19.8 Å². The molecule has 4 nitrogen and oxygen atoms in total. The highest BCUT2D eigenvalue weighted by molar-refractivity contribution is 5.92. The number of likely N-dealkylation sites (tertiary alicyclic amines) is 1. The highest BCUT2D eigenvalue weighted by Crippen LogP contribution is 2.26. The van der Waals surface area contributed by atoms with Crippen LogP contribution in [0.1, 0.15) is 19.8 Å². The quantitative estimate of drug-likeness (QED) is 0.663. The summed E-state index contributed by atoms with van der Waals surface area (Å²) in [5, 5.41) is 0. The van der Waals surface area contributed by atoms with Crippen molar-refractivity contribution in [1.82, 2.24) is 4.90 Å². The molecule has 0 unspecified atom stereocenters. The second-order valence-corrected chi connectivity index (χ2v) is 4.29. The fourth-order valence-electron chi connectivity index (χ4n) is 2.23. The average molecular weight is 227 g/mol. The summed E-state index contributed by atoms with van der Waals surface area (Å²) < 4.78 is 10.3. The number of amides is 1. The molecule has 0 aromatic heterocycles. The van der Waals surface area contributed by atoms with E-state index in [1.165, 1.54) is 0 Å². The van der Waals surface area contributed by atoms with Gasteiger partial charge in [0.2, 0.25) is 5.91 Å². The van der Waals surface area contributed by atoms with Gasteiger partial charge >= 0.3 is 0 Å². The van der Waals surface area contributed by atoms with Gasteiger partial charge in [-0.1, -0.05) is 6.58 Å². The minimum atomic E-state index is 0.0154. The van der Waals surface area contributed by atoms with Crippen molar-refractivity contribution in [3.63, 3.8) is 0 Å². The largest absolute Gasteiger partial charge is 0.383 e. The number of hydrogen-bond donors (Lipinski definition) is 0. The van der Waals surface area contributed by atoms with Gasteiger partial charge < -0.3 is 14.4 Å². The maximum atomic E-state index is 12.0. The van der Waals surface area contributed by atoms with Gasteiger partial charge in [0.25, 0.3) is 0 Å². The third-order valence-electron chi connectivity index (χ3n) is 2.94. The molecule has 0 N–H and O–H groups in total. The van der Waals surface area contributed by atoms with Gasteiger partial charge in [-0.15, -0.1) is 0 Å². The van der Waals surface area contributed by atoms with Crippen molar-refractivity contribution in [3.8, 4) is 0 Å². The standard InChI is InChI=1S/C12H21NO3/c1-9(2)12(14)13-10(7-15-3)5-6-11(13)8-16-4/h10-11H,1,5-8H2,2-4H3/t10-,11-/m0/s1. The normalized spacial score (nSPS) is 24.8. The molecular weight excluding hydrogens is 206 g/mol. The van der Waals surface area contributed by atoms with Crippen molar-refractivity contribution in [3.05, 3.63) is 12.2 Å². The SMILES string of the molecule is C=C(C)C(=O)N1[C@H](COC)CC[C@H]1COC. The zero-order valence-electron chi connectivity index (χ0n) is 10.4. The minimum absolute atomic E-state index is 0.0154. The molecule has 4 heteroatoms. The molecule has 92 valence electrons. The Bertz CT molecular complexity index is 251. The van der Waals surface area contributed by atoms with Crippen LogP contribution < -0.4 is 0 Å². The predicted octanol–water partition coefficient (Wildman–Crippen LogP) is 1.21. The van der Waals surface area contributed by atoms with Crippen LogP contribution in [0.4, 0.5) is 0 Å². The van der Waals surface area contributed by atoms with Gasteiger partial charge in [0.15, 0.2) is 0 Å². The molecule has 0 aliphatic carbocycles. The summed E-state index contributed by atoms with van der Waals surface area (Å²) in [5.74, 6) is 0.0154. The van der Waals surface area contributed by atoms with Crippen molar-refractivity contribution in [2.45, 2.75) is 31.8 Å². The minimum Gasteiger partial charge on any atom is -0.383 e. The summed E-state index contributed by atoms with van der Waals surface area (Å²) in [7, 11) is 3.32. The van der Waals surface area contributed by atoms with Crippen molar-refractivity contribution >= 4 is 5.91 Å². The van der Waals surface area contributed by atoms with Crippen molar-refractivity contribution in [1.29, 1.82) is 0 Å². The van der Waals surface area contributed by atoms with E-state index in [0.717, 1.165) is 12.8 Å². The van der Waals surface area contributed by atoms with Crippen molar-refractivity contribution in [2.24, 2.45) is 0 Å². The van der Waals surface area contributed by atoms with Crippen molar-refractivity contribution < 1.29 is 14.3 Å². The van der Waals surface area contributed by atoms with E-state index in [-0.39, 0.29) is 18.0 Å². The Labute approximate surface area is 97.2 Å². The van der Waals surface area contributed by atoms with E-state index in [1.807, 2.05) is 4.90 Å². The molecule has 0 saturated carbocycles. The molecule has 1 aliphatic heterocycles. The molecule has 1 heterocycles. The van der Waals surface area contributed by atoms with E-state index in [0.29, 0.717) is 18.8 Å². The molecular formula is C12H21NO3. The number of hydrogen-bond acceptors (Lipinski definition) is 3. The lowest BCUT2D eigenvalue weighted by molar-refractivity contribution is -0.131. The second kappa shape index (κ2) is 6.01. The Morgan fingerprint density at radius 3 is 2.00 bits per heavy atom. The Hall–Kier alpha value is -0.870. The van der Waals surface area contributed by atoms with E-state index in [9.17, 15) is 4.79 Å². The first-order valence-corrected chi connectivity index (χ1v) is 5.57. The third-order valence-corrected chi connectivity index (χ3v) is 2.94. The zero-order valence-corrected chi connectivity index (χ0v) is 10.4. The van der Waals surface area contributed by atoms with Gasteiger partial charge in [-0.3, -0.25) is 4.79 Å².